The minimum Gasteiger partial charge on any atom is -0.459 e. The Labute approximate surface area is 116 Å². The lowest BCUT2D eigenvalue weighted by Crippen LogP contribution is -2.56. The molecule has 1 amide bonds. The van der Waals surface area contributed by atoms with Crippen molar-refractivity contribution in [1.29, 1.82) is 0 Å². The normalized spacial score (nSPS) is 17.4. The summed E-state index contributed by atoms with van der Waals surface area (Å²) in [6, 6.07) is 9.24. The predicted octanol–water partition coefficient (Wildman–Crippen LogP) is 0.851. The second-order valence-corrected chi connectivity index (χ2v) is 4.44. The maximum absolute atomic E-state index is 11.6. The number of benzene rings is 1. The average molecular weight is 279 g/mol. The van der Waals surface area contributed by atoms with Crippen molar-refractivity contribution >= 4 is 17.8 Å². The van der Waals surface area contributed by atoms with Gasteiger partial charge >= 0.3 is 11.9 Å². The van der Waals surface area contributed by atoms with Crippen molar-refractivity contribution in [3.63, 3.8) is 0 Å². The van der Waals surface area contributed by atoms with Crippen LogP contribution in [0.2, 0.25) is 0 Å². The van der Waals surface area contributed by atoms with Crippen molar-refractivity contribution in [3.05, 3.63) is 35.9 Å². The van der Waals surface area contributed by atoms with Crippen LogP contribution in [0, 0.1) is 0 Å². The van der Waals surface area contributed by atoms with Crippen LogP contribution in [0.5, 0.6) is 0 Å². The highest BCUT2D eigenvalue weighted by molar-refractivity contribution is 5.87. The molecule has 0 N–H and O–H groups in total. The summed E-state index contributed by atoms with van der Waals surface area (Å²) in [6.07, 6.45) is -0.532. The fourth-order valence-corrected chi connectivity index (χ4v) is 1.83. The molecule has 1 atom stereocenters. The smallest absolute Gasteiger partial charge is 0.326 e. The van der Waals surface area contributed by atoms with Crippen LogP contribution in [0.3, 0.4) is 0 Å². The van der Waals surface area contributed by atoms with Gasteiger partial charge in [-0.2, -0.15) is 0 Å². The van der Waals surface area contributed by atoms with Crippen LogP contribution in [-0.4, -0.2) is 35.5 Å². The number of rotatable bonds is 5. The van der Waals surface area contributed by atoms with Crippen LogP contribution in [0.1, 0.15) is 18.9 Å². The third-order valence-electron chi connectivity index (χ3n) is 2.86. The Hall–Kier alpha value is -2.37. The number of hydrogen-bond acceptors (Lipinski definition) is 5. The van der Waals surface area contributed by atoms with Gasteiger partial charge in [-0.3, -0.25) is 19.3 Å². The van der Waals surface area contributed by atoms with E-state index in [0.29, 0.717) is 0 Å². The second kappa shape index (κ2) is 6.18. The van der Waals surface area contributed by atoms with E-state index in [0.717, 1.165) is 5.56 Å². The first-order valence-corrected chi connectivity index (χ1v) is 6.22. The zero-order chi connectivity index (χ0) is 14.5. The van der Waals surface area contributed by atoms with Gasteiger partial charge in [0.2, 0.25) is 5.91 Å². The molecule has 106 valence electrons. The van der Waals surface area contributed by atoms with E-state index in [1.54, 1.807) is 0 Å². The molecule has 0 aliphatic carbocycles. The zero-order valence-electron chi connectivity index (χ0n) is 11.1. The van der Waals surface area contributed by atoms with Gasteiger partial charge in [-0.25, -0.2) is 0 Å². The monoisotopic (exact) mass is 279 g/mol. The summed E-state index contributed by atoms with van der Waals surface area (Å²) in [5, 5.41) is 0. The SMILES string of the molecule is CC(=O)O[C@H]1CC(=O)N1[14CH2]C(=O)OCc1ccccc1. The minimum absolute atomic E-state index is 0.117. The van der Waals surface area contributed by atoms with Gasteiger partial charge in [-0.15, -0.1) is 0 Å². The molecule has 6 nitrogen and oxygen atoms in total. The molecule has 0 bridgehead atoms. The third kappa shape index (κ3) is 3.57. The average Bonchev–Trinajstić information content (AvgIpc) is 2.43. The van der Waals surface area contributed by atoms with Crippen LogP contribution < -0.4 is 0 Å². The number of ether oxygens (including phenoxy) is 2. The lowest BCUT2D eigenvalue weighted by molar-refractivity contribution is -0.186. The van der Waals surface area contributed by atoms with Crippen molar-refractivity contribution < 1.29 is 23.9 Å². The second-order valence-electron chi connectivity index (χ2n) is 4.44. The molecule has 0 aromatic heterocycles. The van der Waals surface area contributed by atoms with E-state index in [-0.39, 0.29) is 25.5 Å². The molecule has 1 aliphatic rings. The number of carbonyl (C=O) groups excluding carboxylic acids is 3. The van der Waals surface area contributed by atoms with Crippen molar-refractivity contribution in [2.45, 2.75) is 26.2 Å². The van der Waals surface area contributed by atoms with Crippen LogP contribution in [0.25, 0.3) is 0 Å². The summed E-state index contributed by atoms with van der Waals surface area (Å²) in [6.45, 7) is 1.21. The van der Waals surface area contributed by atoms with Gasteiger partial charge in [-0.05, 0) is 5.56 Å². The van der Waals surface area contributed by atoms with Crippen molar-refractivity contribution in [2.75, 3.05) is 6.54 Å². The molecule has 1 aliphatic heterocycles. The standard InChI is InChI=1S/C14H15NO5/c1-10(16)20-13-7-12(17)15(13)8-14(18)19-9-11-5-3-2-4-6-11/h2-6,13H,7-9H2,1H3/t13-/m0/s1/i8+2. The van der Waals surface area contributed by atoms with Gasteiger partial charge in [0.25, 0.3) is 0 Å². The molecule has 0 saturated carbocycles. The summed E-state index contributed by atoms with van der Waals surface area (Å²) in [7, 11) is 0. The van der Waals surface area contributed by atoms with Crippen molar-refractivity contribution in [3.8, 4) is 0 Å². The molecule has 1 saturated heterocycles. The molecule has 2 rings (SSSR count). The highest BCUT2D eigenvalue weighted by Crippen LogP contribution is 2.20. The number of carbonyl (C=O) groups is 3. The van der Waals surface area contributed by atoms with Crippen molar-refractivity contribution in [2.24, 2.45) is 0 Å². The fourth-order valence-electron chi connectivity index (χ4n) is 1.83. The zero-order valence-corrected chi connectivity index (χ0v) is 11.1. The highest BCUT2D eigenvalue weighted by Gasteiger charge is 2.39. The van der Waals surface area contributed by atoms with Gasteiger partial charge in [0.05, 0.1) is 6.42 Å². The summed E-state index contributed by atoms with van der Waals surface area (Å²) >= 11 is 0. The van der Waals surface area contributed by atoms with Gasteiger partial charge < -0.3 is 9.47 Å². The highest BCUT2D eigenvalue weighted by atomic mass is 16.6. The first-order chi connectivity index (χ1) is 9.56. The fraction of sp³-hybridized carbons (Fsp3) is 0.357. The van der Waals surface area contributed by atoms with Gasteiger partial charge in [0.15, 0.2) is 6.23 Å². The third-order valence-corrected chi connectivity index (χ3v) is 2.86. The Balaban J connectivity index is 1.79. The molecule has 0 radical (unpaired) electrons. The maximum atomic E-state index is 11.6. The lowest BCUT2D eigenvalue weighted by atomic mass is 10.2. The molecular weight excluding hydrogens is 264 g/mol. The van der Waals surface area contributed by atoms with Crippen molar-refractivity contribution in [1.82, 2.24) is 4.90 Å². The Morgan fingerprint density at radius 1 is 1.35 bits per heavy atom. The van der Waals surface area contributed by atoms with Crippen LogP contribution in [-0.2, 0) is 30.5 Å². The van der Waals surface area contributed by atoms with E-state index in [4.69, 9.17) is 9.47 Å². The summed E-state index contributed by atoms with van der Waals surface area (Å²) < 4.78 is 9.95. The lowest BCUT2D eigenvalue weighted by Gasteiger charge is -2.38. The van der Waals surface area contributed by atoms with E-state index in [2.05, 4.69) is 0 Å². The number of hydrogen-bond donors (Lipinski definition) is 0. The number of β-lactam (4-membered cyclic amide) rings is 1. The van der Waals surface area contributed by atoms with E-state index in [1.165, 1.54) is 11.8 Å². The molecule has 1 fully saturated rings. The number of nitrogens with zero attached hydrogens (tertiary/aromatic N) is 1. The molecule has 0 spiro atoms. The van der Waals surface area contributed by atoms with E-state index in [9.17, 15) is 14.4 Å². The molecule has 6 heteroatoms. The number of esters is 2. The number of likely N-dealkylation sites (tertiary alicyclic amines) is 1. The Morgan fingerprint density at radius 3 is 2.65 bits per heavy atom. The largest absolute Gasteiger partial charge is 0.459 e. The maximum Gasteiger partial charge on any atom is 0.326 e. The molecule has 1 aromatic carbocycles. The number of amides is 1. The van der Waals surface area contributed by atoms with Crippen LogP contribution in [0.15, 0.2) is 30.3 Å². The molecule has 0 unspecified atom stereocenters. The van der Waals surface area contributed by atoms with Gasteiger partial charge in [0.1, 0.15) is 13.2 Å². The summed E-state index contributed by atoms with van der Waals surface area (Å²) in [4.78, 5) is 35.0. The van der Waals surface area contributed by atoms with Crippen LogP contribution in [0.4, 0.5) is 0 Å². The summed E-state index contributed by atoms with van der Waals surface area (Å²) in [5.41, 5.74) is 0.868. The molecule has 1 aromatic rings. The van der Waals surface area contributed by atoms with Gasteiger partial charge in [-0.1, -0.05) is 30.3 Å². The molecule has 20 heavy (non-hydrogen) atoms. The summed E-state index contributed by atoms with van der Waals surface area (Å²) in [5.74, 6) is -1.24. The first kappa shape index (κ1) is 14.0. The molecule has 1 heterocycles. The Morgan fingerprint density at radius 2 is 2.05 bits per heavy atom. The van der Waals surface area contributed by atoms with E-state index in [1.807, 2.05) is 30.3 Å². The van der Waals surface area contributed by atoms with E-state index >= 15 is 0 Å². The first-order valence-electron chi connectivity index (χ1n) is 6.22. The predicted molar refractivity (Wildman–Crippen MR) is 68.1 cm³/mol. The Bertz CT molecular complexity index is 514. The van der Waals surface area contributed by atoms with E-state index < -0.39 is 18.2 Å². The van der Waals surface area contributed by atoms with Crippen LogP contribution >= 0.6 is 0 Å². The quantitative estimate of drug-likeness (QED) is 0.590. The Kier molecular flexibility index (Phi) is 4.34. The minimum atomic E-state index is -0.649. The molecular formula is C14H15NO5. The topological polar surface area (TPSA) is 72.9 Å². The van der Waals surface area contributed by atoms with Gasteiger partial charge in [0, 0.05) is 6.92 Å².